The first kappa shape index (κ1) is 22.1. The largest absolute Gasteiger partial charge is 0.572 e. The second-order valence-electron chi connectivity index (χ2n) is 7.60. The van der Waals surface area contributed by atoms with Gasteiger partial charge in [0.25, 0.3) is 0 Å². The number of hydrogen-bond acceptors (Lipinski definition) is 5. The highest BCUT2D eigenvalue weighted by atomic mass is 19.4. The number of carboxylic acids is 1. The van der Waals surface area contributed by atoms with E-state index in [-0.39, 0.29) is 42.4 Å². The number of alkyl halides is 3. The molecule has 3 aliphatic rings. The van der Waals surface area contributed by atoms with Crippen molar-refractivity contribution >= 4 is 18.1 Å². The molecule has 2 atom stereocenters. The van der Waals surface area contributed by atoms with Crippen LogP contribution in [-0.2, 0) is 14.3 Å². The van der Waals surface area contributed by atoms with Crippen LogP contribution in [0.3, 0.4) is 0 Å². The maximum Gasteiger partial charge on any atom is 0.572 e. The van der Waals surface area contributed by atoms with E-state index in [9.17, 15) is 22.8 Å². The van der Waals surface area contributed by atoms with Crippen molar-refractivity contribution in [3.63, 3.8) is 0 Å². The minimum Gasteiger partial charge on any atom is -0.481 e. The standard InChI is InChI=1S/C20H24F3N3O4/c21-20(22,23)30-16-3-1-2-13(10-16)11-18(27)25-17-5-4-15(12-24-17)26-8-6-14(7-9-26)19(28)29/h1-3,5,12-15H,4,6-11H2,(H,25,27)(H,28,29). The summed E-state index contributed by atoms with van der Waals surface area (Å²) >= 11 is 0. The Morgan fingerprint density at radius 1 is 1.30 bits per heavy atom. The van der Waals surface area contributed by atoms with E-state index in [4.69, 9.17) is 5.11 Å². The van der Waals surface area contributed by atoms with Gasteiger partial charge in [-0.15, -0.1) is 13.2 Å². The number of halogens is 3. The number of rotatable bonds is 6. The maximum atomic E-state index is 12.3. The monoisotopic (exact) mass is 427 g/mol. The highest BCUT2D eigenvalue weighted by molar-refractivity contribution is 5.79. The molecule has 2 unspecified atom stereocenters. The number of nitrogens with one attached hydrogen (secondary N) is 1. The summed E-state index contributed by atoms with van der Waals surface area (Å²) in [5.74, 6) is -1.56. The molecule has 1 aliphatic carbocycles. The zero-order chi connectivity index (χ0) is 21.7. The topological polar surface area (TPSA) is 91.2 Å². The minimum atomic E-state index is -4.75. The van der Waals surface area contributed by atoms with E-state index in [0.29, 0.717) is 38.2 Å². The summed E-state index contributed by atoms with van der Waals surface area (Å²) in [6.45, 7) is 1.38. The van der Waals surface area contributed by atoms with Crippen molar-refractivity contribution in [1.82, 2.24) is 10.2 Å². The zero-order valence-electron chi connectivity index (χ0n) is 16.3. The van der Waals surface area contributed by atoms with Crippen LogP contribution in [0.5, 0.6) is 0 Å². The molecule has 0 aromatic carbocycles. The summed E-state index contributed by atoms with van der Waals surface area (Å²) in [6, 6.07) is 0.0638. The molecular formula is C20H24F3N3O4. The Balaban J connectivity index is 1.42. The highest BCUT2D eigenvalue weighted by Gasteiger charge is 2.33. The number of amides is 1. The van der Waals surface area contributed by atoms with Gasteiger partial charge in [-0.3, -0.25) is 14.5 Å². The second kappa shape index (κ2) is 9.46. The molecular weight excluding hydrogens is 403 g/mol. The van der Waals surface area contributed by atoms with Crippen molar-refractivity contribution in [2.24, 2.45) is 16.8 Å². The van der Waals surface area contributed by atoms with Gasteiger partial charge >= 0.3 is 12.3 Å². The second-order valence-corrected chi connectivity index (χ2v) is 7.60. The number of allylic oxidation sites excluding steroid dienone is 4. The number of likely N-dealkylation sites (tertiary alicyclic amines) is 1. The van der Waals surface area contributed by atoms with Gasteiger partial charge < -0.3 is 15.2 Å². The molecule has 1 amide bonds. The Morgan fingerprint density at radius 3 is 2.63 bits per heavy atom. The van der Waals surface area contributed by atoms with Gasteiger partial charge in [0.05, 0.1) is 5.92 Å². The van der Waals surface area contributed by atoms with Crippen LogP contribution in [0.15, 0.2) is 40.9 Å². The van der Waals surface area contributed by atoms with Gasteiger partial charge in [0.15, 0.2) is 0 Å². The van der Waals surface area contributed by atoms with E-state index in [1.54, 1.807) is 18.4 Å². The van der Waals surface area contributed by atoms with Gasteiger partial charge in [-0.25, -0.2) is 4.99 Å². The minimum absolute atomic E-state index is 0.000116. The normalized spacial score (nSPS) is 25.4. The molecule has 0 bridgehead atoms. The third-order valence-electron chi connectivity index (χ3n) is 5.38. The fourth-order valence-electron chi connectivity index (χ4n) is 3.83. The fraction of sp³-hybridized carbons (Fsp3) is 0.550. The van der Waals surface area contributed by atoms with Gasteiger partial charge in [0, 0.05) is 25.1 Å². The molecule has 0 radical (unpaired) electrons. The lowest BCUT2D eigenvalue weighted by Crippen LogP contribution is -2.44. The quantitative estimate of drug-likeness (QED) is 0.680. The Kier molecular flexibility index (Phi) is 6.96. The van der Waals surface area contributed by atoms with E-state index in [1.165, 1.54) is 12.2 Å². The Hall–Kier alpha value is -2.62. The molecule has 2 N–H and O–H groups in total. The lowest BCUT2D eigenvalue weighted by atomic mass is 9.95. The molecule has 3 rings (SSSR count). The SMILES string of the molecule is O=C(CC1C=CC=C(OC(F)(F)F)C1)NC1=CCC(N2CCC(C(=O)O)CC2)C=N1. The summed E-state index contributed by atoms with van der Waals surface area (Å²) in [4.78, 5) is 29.8. The van der Waals surface area contributed by atoms with E-state index < -0.39 is 12.3 Å². The summed E-state index contributed by atoms with van der Waals surface area (Å²) in [5.41, 5.74) is 0. The lowest BCUT2D eigenvalue weighted by Gasteiger charge is -2.35. The first-order chi connectivity index (χ1) is 14.2. The van der Waals surface area contributed by atoms with E-state index in [1.807, 2.05) is 0 Å². The molecule has 30 heavy (non-hydrogen) atoms. The van der Waals surface area contributed by atoms with Crippen molar-refractivity contribution in [3.8, 4) is 0 Å². The number of carboxylic acid groups (broad SMARTS) is 1. The Labute approximate surface area is 172 Å². The van der Waals surface area contributed by atoms with Crippen LogP contribution in [0.25, 0.3) is 0 Å². The molecule has 1 fully saturated rings. The average molecular weight is 427 g/mol. The number of piperidine rings is 1. The van der Waals surface area contributed by atoms with Gasteiger partial charge in [-0.1, -0.05) is 12.2 Å². The molecule has 7 nitrogen and oxygen atoms in total. The van der Waals surface area contributed by atoms with Crippen LogP contribution in [0.1, 0.15) is 32.1 Å². The Morgan fingerprint density at radius 2 is 2.03 bits per heavy atom. The van der Waals surface area contributed by atoms with Crippen molar-refractivity contribution in [2.45, 2.75) is 44.5 Å². The molecule has 164 valence electrons. The molecule has 0 spiro atoms. The van der Waals surface area contributed by atoms with Crippen molar-refractivity contribution in [3.05, 3.63) is 35.9 Å². The number of nitrogens with zero attached hydrogens (tertiary/aromatic N) is 2. The molecule has 0 saturated carbocycles. The van der Waals surface area contributed by atoms with Gasteiger partial charge in [0.1, 0.15) is 11.6 Å². The average Bonchev–Trinajstić information content (AvgIpc) is 2.67. The third-order valence-corrected chi connectivity index (χ3v) is 5.38. The molecule has 1 saturated heterocycles. The number of carbonyl (C=O) groups is 2. The smallest absolute Gasteiger partial charge is 0.481 e. The zero-order valence-corrected chi connectivity index (χ0v) is 16.3. The van der Waals surface area contributed by atoms with Gasteiger partial charge in [-0.2, -0.15) is 0 Å². The number of carbonyl (C=O) groups excluding carboxylic acids is 1. The summed E-state index contributed by atoms with van der Waals surface area (Å²) < 4.78 is 41.0. The third kappa shape index (κ3) is 6.45. The molecule has 0 aromatic rings. The van der Waals surface area contributed by atoms with E-state index in [0.717, 1.165) is 0 Å². The summed E-state index contributed by atoms with van der Waals surface area (Å²) in [5, 5.41) is 11.8. The van der Waals surface area contributed by atoms with Crippen LogP contribution >= 0.6 is 0 Å². The molecule has 2 heterocycles. The van der Waals surface area contributed by atoms with Crippen LogP contribution in [0.2, 0.25) is 0 Å². The van der Waals surface area contributed by atoms with Crippen LogP contribution in [0, 0.1) is 11.8 Å². The van der Waals surface area contributed by atoms with Crippen molar-refractivity contribution < 1.29 is 32.6 Å². The number of aliphatic carboxylic acids is 1. The first-order valence-electron chi connectivity index (χ1n) is 9.84. The van der Waals surface area contributed by atoms with Crippen LogP contribution in [-0.4, -0.2) is 53.6 Å². The van der Waals surface area contributed by atoms with Crippen LogP contribution in [0.4, 0.5) is 13.2 Å². The highest BCUT2D eigenvalue weighted by Crippen LogP contribution is 2.29. The first-order valence-corrected chi connectivity index (χ1v) is 9.84. The van der Waals surface area contributed by atoms with Gasteiger partial charge in [0.2, 0.25) is 5.91 Å². The Bertz CT molecular complexity index is 781. The van der Waals surface area contributed by atoms with Gasteiger partial charge in [-0.05, 0) is 50.4 Å². The number of hydrogen-bond donors (Lipinski definition) is 2. The van der Waals surface area contributed by atoms with Crippen molar-refractivity contribution in [2.75, 3.05) is 13.1 Å². The summed E-state index contributed by atoms with van der Waals surface area (Å²) in [6.07, 6.45) is 5.07. The lowest BCUT2D eigenvalue weighted by molar-refractivity contribution is -0.306. The summed E-state index contributed by atoms with van der Waals surface area (Å²) in [7, 11) is 0. The van der Waals surface area contributed by atoms with Crippen LogP contribution < -0.4 is 5.32 Å². The molecule has 0 aromatic heterocycles. The maximum absolute atomic E-state index is 12.3. The fourth-order valence-corrected chi connectivity index (χ4v) is 3.83. The number of aliphatic imine (C=N–C) groups is 1. The predicted octanol–water partition coefficient (Wildman–Crippen LogP) is 2.97. The van der Waals surface area contributed by atoms with E-state index in [2.05, 4.69) is 19.9 Å². The number of ether oxygens (including phenoxy) is 1. The van der Waals surface area contributed by atoms with E-state index >= 15 is 0 Å². The molecule has 2 aliphatic heterocycles. The predicted molar refractivity (Wildman–Crippen MR) is 102 cm³/mol. The van der Waals surface area contributed by atoms with Crippen molar-refractivity contribution in [1.29, 1.82) is 0 Å². The molecule has 10 heteroatoms.